The molecule has 0 saturated carbocycles. The van der Waals surface area contributed by atoms with Crippen molar-refractivity contribution in [1.29, 1.82) is 0 Å². The number of amides is 1. The Balaban J connectivity index is 1.89. The van der Waals surface area contributed by atoms with Gasteiger partial charge in [-0.15, -0.1) is 0 Å². The smallest absolute Gasteiger partial charge is 0.235 e. The fourth-order valence-corrected chi connectivity index (χ4v) is 2.36. The molecule has 1 aliphatic heterocycles. The van der Waals surface area contributed by atoms with Crippen molar-refractivity contribution in [2.45, 2.75) is 6.04 Å². The van der Waals surface area contributed by atoms with E-state index in [1.807, 2.05) is 18.2 Å². The fourth-order valence-electron chi connectivity index (χ4n) is 2.36. The van der Waals surface area contributed by atoms with Gasteiger partial charge in [-0.1, -0.05) is 6.07 Å². The average Bonchev–Trinajstić information content (AvgIpc) is 2.48. The van der Waals surface area contributed by atoms with Crippen molar-refractivity contribution in [3.05, 3.63) is 24.3 Å². The Bertz CT molecular complexity index is 458. The summed E-state index contributed by atoms with van der Waals surface area (Å²) in [5.41, 5.74) is 12.0. The highest BCUT2D eigenvalue weighted by molar-refractivity contribution is 5.79. The summed E-state index contributed by atoms with van der Waals surface area (Å²) in [6.45, 7) is 4.08. The molecule has 110 valence electrons. The maximum Gasteiger partial charge on any atom is 0.235 e. The first-order valence-electron chi connectivity index (χ1n) is 6.76. The van der Waals surface area contributed by atoms with Gasteiger partial charge in [-0.25, -0.2) is 0 Å². The summed E-state index contributed by atoms with van der Waals surface area (Å²) < 4.78 is 5.24. The molecule has 0 aliphatic carbocycles. The van der Waals surface area contributed by atoms with Crippen LogP contribution in [0.4, 0.5) is 5.69 Å². The summed E-state index contributed by atoms with van der Waals surface area (Å²) >= 11 is 0. The molecule has 1 aliphatic rings. The lowest BCUT2D eigenvalue weighted by molar-refractivity contribution is -0.119. The summed E-state index contributed by atoms with van der Waals surface area (Å²) in [4.78, 5) is 15.4. The van der Waals surface area contributed by atoms with Gasteiger partial charge in [-0.2, -0.15) is 0 Å². The van der Waals surface area contributed by atoms with E-state index in [-0.39, 0.29) is 0 Å². The lowest BCUT2D eigenvalue weighted by Crippen LogP contribution is -2.52. The van der Waals surface area contributed by atoms with E-state index in [0.717, 1.165) is 37.6 Å². The summed E-state index contributed by atoms with van der Waals surface area (Å²) in [6, 6.07) is 7.45. The highest BCUT2D eigenvalue weighted by atomic mass is 16.5. The van der Waals surface area contributed by atoms with Gasteiger partial charge in [0.1, 0.15) is 5.75 Å². The number of methoxy groups -OCH3 is 1. The maximum atomic E-state index is 11.0. The number of piperazine rings is 1. The van der Waals surface area contributed by atoms with Gasteiger partial charge in [0, 0.05) is 44.5 Å². The second-order valence-corrected chi connectivity index (χ2v) is 5.00. The van der Waals surface area contributed by atoms with Crippen molar-refractivity contribution < 1.29 is 9.53 Å². The monoisotopic (exact) mass is 278 g/mol. The van der Waals surface area contributed by atoms with Crippen LogP contribution in [0.1, 0.15) is 0 Å². The van der Waals surface area contributed by atoms with E-state index < -0.39 is 11.9 Å². The summed E-state index contributed by atoms with van der Waals surface area (Å²) in [7, 11) is 1.67. The number of anilines is 1. The summed E-state index contributed by atoms with van der Waals surface area (Å²) in [6.07, 6.45) is 0. The van der Waals surface area contributed by atoms with Gasteiger partial charge in [0.25, 0.3) is 0 Å². The summed E-state index contributed by atoms with van der Waals surface area (Å²) in [5.74, 6) is 0.418. The van der Waals surface area contributed by atoms with E-state index in [2.05, 4.69) is 15.9 Å². The molecule has 4 N–H and O–H groups in total. The number of carbonyl (C=O) groups is 1. The minimum atomic E-state index is -0.585. The van der Waals surface area contributed by atoms with Crippen molar-refractivity contribution in [2.24, 2.45) is 11.5 Å². The number of hydrogen-bond donors (Lipinski definition) is 2. The van der Waals surface area contributed by atoms with E-state index >= 15 is 0 Å². The van der Waals surface area contributed by atoms with Gasteiger partial charge in [0.05, 0.1) is 13.2 Å². The molecular formula is C14H22N4O2. The number of primary amides is 1. The third-order valence-electron chi connectivity index (χ3n) is 3.61. The Morgan fingerprint density at radius 1 is 1.35 bits per heavy atom. The molecule has 1 fully saturated rings. The Kier molecular flexibility index (Phi) is 4.81. The van der Waals surface area contributed by atoms with Gasteiger partial charge in [-0.3, -0.25) is 9.69 Å². The van der Waals surface area contributed by atoms with Gasteiger partial charge in [0.2, 0.25) is 5.91 Å². The number of benzene rings is 1. The molecule has 2 rings (SSSR count). The lowest BCUT2D eigenvalue weighted by atomic mass is 10.2. The first kappa shape index (κ1) is 14.6. The SMILES string of the molecule is COc1cccc(N2CCN(CC(N)C(N)=O)CC2)c1. The molecule has 0 bridgehead atoms. The van der Waals surface area contributed by atoms with Crippen LogP contribution in [0, 0.1) is 0 Å². The third-order valence-corrected chi connectivity index (χ3v) is 3.61. The van der Waals surface area contributed by atoms with Crippen LogP contribution in [0.15, 0.2) is 24.3 Å². The van der Waals surface area contributed by atoms with E-state index in [1.54, 1.807) is 7.11 Å². The zero-order valence-electron chi connectivity index (χ0n) is 11.8. The van der Waals surface area contributed by atoms with Crippen LogP contribution in [-0.4, -0.2) is 56.7 Å². The van der Waals surface area contributed by atoms with Crippen LogP contribution >= 0.6 is 0 Å². The molecule has 20 heavy (non-hydrogen) atoms. The first-order valence-corrected chi connectivity index (χ1v) is 6.76. The zero-order valence-corrected chi connectivity index (χ0v) is 11.8. The minimum Gasteiger partial charge on any atom is -0.497 e. The molecule has 0 spiro atoms. The molecule has 1 heterocycles. The normalized spacial score (nSPS) is 17.8. The second-order valence-electron chi connectivity index (χ2n) is 5.00. The minimum absolute atomic E-state index is 0.444. The number of carbonyl (C=O) groups excluding carboxylic acids is 1. The van der Waals surface area contributed by atoms with Gasteiger partial charge >= 0.3 is 0 Å². The Morgan fingerprint density at radius 2 is 2.05 bits per heavy atom. The maximum absolute atomic E-state index is 11.0. The molecule has 1 atom stereocenters. The lowest BCUT2D eigenvalue weighted by Gasteiger charge is -2.36. The molecular weight excluding hydrogens is 256 g/mol. The predicted octanol–water partition coefficient (Wildman–Crippen LogP) is -0.370. The summed E-state index contributed by atoms with van der Waals surface area (Å²) in [5, 5.41) is 0. The van der Waals surface area contributed by atoms with E-state index in [4.69, 9.17) is 16.2 Å². The molecule has 0 aromatic heterocycles. The largest absolute Gasteiger partial charge is 0.497 e. The molecule has 0 radical (unpaired) electrons. The van der Waals surface area contributed by atoms with Crippen LogP contribution < -0.4 is 21.1 Å². The highest BCUT2D eigenvalue weighted by Gasteiger charge is 2.20. The average molecular weight is 278 g/mol. The van der Waals surface area contributed by atoms with Crippen LogP contribution in [0.3, 0.4) is 0 Å². The molecule has 6 heteroatoms. The Hall–Kier alpha value is -1.79. The quantitative estimate of drug-likeness (QED) is 0.767. The molecule has 6 nitrogen and oxygen atoms in total. The van der Waals surface area contributed by atoms with Crippen LogP contribution in [0.5, 0.6) is 5.75 Å². The number of ether oxygens (including phenoxy) is 1. The third kappa shape index (κ3) is 3.61. The molecule has 1 amide bonds. The number of nitrogens with zero attached hydrogens (tertiary/aromatic N) is 2. The highest BCUT2D eigenvalue weighted by Crippen LogP contribution is 2.21. The van der Waals surface area contributed by atoms with Gasteiger partial charge < -0.3 is 21.1 Å². The molecule has 1 aromatic carbocycles. The number of nitrogens with two attached hydrogens (primary N) is 2. The van der Waals surface area contributed by atoms with Crippen LogP contribution in [-0.2, 0) is 4.79 Å². The Morgan fingerprint density at radius 3 is 2.65 bits per heavy atom. The zero-order chi connectivity index (χ0) is 14.5. The molecule has 1 saturated heterocycles. The second kappa shape index (κ2) is 6.58. The van der Waals surface area contributed by atoms with Crippen molar-refractivity contribution in [1.82, 2.24) is 4.90 Å². The van der Waals surface area contributed by atoms with E-state index in [1.165, 1.54) is 0 Å². The standard InChI is InChI=1S/C14H22N4O2/c1-20-12-4-2-3-11(9-12)18-7-5-17(6-8-18)10-13(15)14(16)19/h2-4,9,13H,5-8,10,15H2,1H3,(H2,16,19). The van der Waals surface area contributed by atoms with Crippen molar-refractivity contribution in [2.75, 3.05) is 44.7 Å². The van der Waals surface area contributed by atoms with Crippen LogP contribution in [0.25, 0.3) is 0 Å². The number of hydrogen-bond acceptors (Lipinski definition) is 5. The molecule has 1 aromatic rings. The van der Waals surface area contributed by atoms with E-state index in [9.17, 15) is 4.79 Å². The van der Waals surface area contributed by atoms with E-state index in [0.29, 0.717) is 6.54 Å². The molecule has 1 unspecified atom stereocenters. The van der Waals surface area contributed by atoms with Crippen molar-refractivity contribution in [3.8, 4) is 5.75 Å². The first-order chi connectivity index (χ1) is 9.60. The van der Waals surface area contributed by atoms with Crippen LogP contribution in [0.2, 0.25) is 0 Å². The van der Waals surface area contributed by atoms with Gasteiger partial charge in [-0.05, 0) is 12.1 Å². The predicted molar refractivity (Wildman–Crippen MR) is 78.8 cm³/mol. The van der Waals surface area contributed by atoms with Gasteiger partial charge in [0.15, 0.2) is 0 Å². The number of rotatable bonds is 5. The Labute approximate surface area is 119 Å². The fraction of sp³-hybridized carbons (Fsp3) is 0.500. The van der Waals surface area contributed by atoms with Crippen molar-refractivity contribution >= 4 is 11.6 Å². The topological polar surface area (TPSA) is 84.8 Å². The van der Waals surface area contributed by atoms with Crippen molar-refractivity contribution in [3.63, 3.8) is 0 Å².